The van der Waals surface area contributed by atoms with Crippen LogP contribution in [0.5, 0.6) is 11.5 Å². The highest BCUT2D eigenvalue weighted by molar-refractivity contribution is 5.94. The van der Waals surface area contributed by atoms with Gasteiger partial charge in [-0.3, -0.25) is 14.8 Å². The predicted molar refractivity (Wildman–Crippen MR) is 109 cm³/mol. The Kier molecular flexibility index (Phi) is 4.85. The molecule has 0 amide bonds. The largest absolute Gasteiger partial charge is 0.496 e. The first-order chi connectivity index (χ1) is 13.5. The monoisotopic (exact) mass is 382 g/mol. The van der Waals surface area contributed by atoms with Crippen molar-refractivity contribution in [2.45, 2.75) is 19.9 Å². The van der Waals surface area contributed by atoms with E-state index in [0.717, 1.165) is 59.1 Å². The molecule has 7 nitrogen and oxygen atoms in total. The van der Waals surface area contributed by atoms with Gasteiger partial charge in [-0.1, -0.05) is 6.92 Å². The predicted octanol–water partition coefficient (Wildman–Crippen LogP) is 2.79. The Morgan fingerprint density at radius 2 is 1.96 bits per heavy atom. The zero-order valence-electron chi connectivity index (χ0n) is 16.8. The highest BCUT2D eigenvalue weighted by Crippen LogP contribution is 2.38. The lowest BCUT2D eigenvalue weighted by Gasteiger charge is -2.21. The average molecular weight is 382 g/mol. The molecule has 2 aromatic heterocycles. The number of nitrogens with zero attached hydrogens (tertiary/aromatic N) is 3. The lowest BCUT2D eigenvalue weighted by Crippen LogP contribution is -2.20. The van der Waals surface area contributed by atoms with Crippen LogP contribution in [-0.2, 0) is 13.6 Å². The van der Waals surface area contributed by atoms with Gasteiger partial charge in [0.15, 0.2) is 0 Å². The first-order valence-electron chi connectivity index (χ1n) is 9.52. The second-order valence-electron chi connectivity index (χ2n) is 7.61. The molecule has 1 fully saturated rings. The fraction of sp³-hybridized carbons (Fsp3) is 0.429. The lowest BCUT2D eigenvalue weighted by atomic mass is 10.0. The van der Waals surface area contributed by atoms with Crippen LogP contribution in [0.1, 0.15) is 18.9 Å². The third kappa shape index (κ3) is 3.16. The molecule has 1 aromatic carbocycles. The number of rotatable bonds is 5. The number of aromatic amines is 1. The van der Waals surface area contributed by atoms with Gasteiger partial charge >= 0.3 is 0 Å². The maximum Gasteiger partial charge on any atom is 0.276 e. The van der Waals surface area contributed by atoms with E-state index in [1.165, 1.54) is 6.42 Å². The maximum absolute atomic E-state index is 12.3. The maximum atomic E-state index is 12.3. The first kappa shape index (κ1) is 18.6. The number of fused-ring (bicyclic) bond motifs is 1. The smallest absolute Gasteiger partial charge is 0.276 e. The molecule has 1 aliphatic rings. The number of aromatic nitrogens is 3. The molecule has 28 heavy (non-hydrogen) atoms. The Labute approximate surface area is 163 Å². The molecule has 1 N–H and O–H groups in total. The number of ether oxygens (including phenoxy) is 2. The summed E-state index contributed by atoms with van der Waals surface area (Å²) in [5, 5.41) is 7.65. The van der Waals surface area contributed by atoms with Crippen LogP contribution in [0.2, 0.25) is 0 Å². The Morgan fingerprint density at radius 3 is 2.57 bits per heavy atom. The van der Waals surface area contributed by atoms with E-state index in [4.69, 9.17) is 9.47 Å². The number of aryl methyl sites for hydroxylation is 1. The zero-order valence-corrected chi connectivity index (χ0v) is 16.8. The van der Waals surface area contributed by atoms with Crippen LogP contribution in [0, 0.1) is 5.92 Å². The van der Waals surface area contributed by atoms with E-state index < -0.39 is 0 Å². The minimum absolute atomic E-state index is 0.102. The summed E-state index contributed by atoms with van der Waals surface area (Å²) in [5.41, 5.74) is 3.28. The van der Waals surface area contributed by atoms with Crippen molar-refractivity contribution in [3.05, 3.63) is 40.4 Å². The molecule has 0 spiro atoms. The van der Waals surface area contributed by atoms with Gasteiger partial charge in [0.1, 0.15) is 17.0 Å². The van der Waals surface area contributed by atoms with E-state index in [1.807, 2.05) is 18.3 Å². The van der Waals surface area contributed by atoms with Gasteiger partial charge < -0.3 is 14.0 Å². The summed E-state index contributed by atoms with van der Waals surface area (Å²) in [6.07, 6.45) is 4.74. The molecule has 148 valence electrons. The summed E-state index contributed by atoms with van der Waals surface area (Å²) in [4.78, 5) is 14.8. The Bertz CT molecular complexity index is 1040. The van der Waals surface area contributed by atoms with Crippen molar-refractivity contribution in [1.82, 2.24) is 19.7 Å². The Hall–Kier alpha value is -2.80. The molecule has 0 saturated carbocycles. The fourth-order valence-electron chi connectivity index (χ4n) is 4.07. The van der Waals surface area contributed by atoms with Crippen LogP contribution in [0.4, 0.5) is 0 Å². The summed E-state index contributed by atoms with van der Waals surface area (Å²) in [7, 11) is 5.11. The average Bonchev–Trinajstić information content (AvgIpc) is 3.34. The molecule has 7 heteroatoms. The summed E-state index contributed by atoms with van der Waals surface area (Å²) in [6, 6.07) is 4.03. The zero-order chi connectivity index (χ0) is 19.8. The van der Waals surface area contributed by atoms with Crippen molar-refractivity contribution in [3.8, 4) is 22.6 Å². The fourth-order valence-corrected chi connectivity index (χ4v) is 4.07. The minimum atomic E-state index is -0.102. The molecule has 1 atom stereocenters. The van der Waals surface area contributed by atoms with E-state index in [9.17, 15) is 4.79 Å². The van der Waals surface area contributed by atoms with Crippen molar-refractivity contribution in [2.75, 3.05) is 27.3 Å². The van der Waals surface area contributed by atoms with Crippen molar-refractivity contribution >= 4 is 10.9 Å². The highest BCUT2D eigenvalue weighted by Gasteiger charge is 2.23. The number of likely N-dealkylation sites (tertiary alicyclic amines) is 1. The number of benzene rings is 1. The Morgan fingerprint density at radius 1 is 1.25 bits per heavy atom. The second-order valence-corrected chi connectivity index (χ2v) is 7.61. The number of methoxy groups -OCH3 is 2. The van der Waals surface area contributed by atoms with E-state index in [-0.39, 0.29) is 5.56 Å². The molecule has 1 saturated heterocycles. The molecule has 1 aliphatic heterocycles. The van der Waals surface area contributed by atoms with E-state index in [0.29, 0.717) is 5.52 Å². The van der Waals surface area contributed by atoms with Gasteiger partial charge in [0, 0.05) is 37.3 Å². The van der Waals surface area contributed by atoms with E-state index >= 15 is 0 Å². The number of pyridine rings is 1. The van der Waals surface area contributed by atoms with Crippen molar-refractivity contribution in [1.29, 1.82) is 0 Å². The van der Waals surface area contributed by atoms with Gasteiger partial charge in [-0.05, 0) is 36.6 Å². The summed E-state index contributed by atoms with van der Waals surface area (Å²) in [6.45, 7) is 5.26. The van der Waals surface area contributed by atoms with Gasteiger partial charge in [-0.15, -0.1) is 0 Å². The quantitative estimate of drug-likeness (QED) is 0.735. The lowest BCUT2D eigenvalue weighted by molar-refractivity contribution is 0.301. The van der Waals surface area contributed by atoms with Gasteiger partial charge in [0.2, 0.25) is 0 Å². The van der Waals surface area contributed by atoms with Crippen LogP contribution in [0.3, 0.4) is 0 Å². The molecule has 0 radical (unpaired) electrons. The molecule has 3 aromatic rings. The topological polar surface area (TPSA) is 72.4 Å². The van der Waals surface area contributed by atoms with Crippen molar-refractivity contribution < 1.29 is 9.47 Å². The number of nitrogens with one attached hydrogen (secondary N) is 1. The molecular weight excluding hydrogens is 356 g/mol. The summed E-state index contributed by atoms with van der Waals surface area (Å²) in [5.74, 6) is 2.30. The van der Waals surface area contributed by atoms with Crippen LogP contribution in [0.25, 0.3) is 22.0 Å². The van der Waals surface area contributed by atoms with Gasteiger partial charge in [0.05, 0.1) is 26.0 Å². The number of H-pyrrole nitrogens is 1. The Balaban J connectivity index is 1.83. The van der Waals surface area contributed by atoms with E-state index in [2.05, 4.69) is 22.0 Å². The summed E-state index contributed by atoms with van der Waals surface area (Å²) >= 11 is 0. The van der Waals surface area contributed by atoms with Crippen LogP contribution in [0.15, 0.2) is 29.3 Å². The molecule has 3 heterocycles. The standard InChI is InChI=1S/C21H26N4O3/c1-13-5-6-25(10-13)12-17-18(27-3)7-14(8-19(17)28-4)16-11-24(2)21(26)20-15(16)9-22-23-20/h7-9,11,13H,5-6,10,12H2,1-4H3,(H,22,23). The van der Waals surface area contributed by atoms with E-state index in [1.54, 1.807) is 32.0 Å². The normalized spacial score (nSPS) is 17.4. The van der Waals surface area contributed by atoms with Crippen molar-refractivity contribution in [3.63, 3.8) is 0 Å². The van der Waals surface area contributed by atoms with Gasteiger partial charge in [-0.25, -0.2) is 0 Å². The third-order valence-corrected chi connectivity index (χ3v) is 5.60. The molecule has 4 rings (SSSR count). The number of hydrogen-bond donors (Lipinski definition) is 1. The van der Waals surface area contributed by atoms with Crippen LogP contribution < -0.4 is 15.0 Å². The molecule has 1 unspecified atom stereocenters. The molecule has 0 bridgehead atoms. The van der Waals surface area contributed by atoms with Crippen LogP contribution in [-0.4, -0.2) is 47.0 Å². The third-order valence-electron chi connectivity index (χ3n) is 5.60. The van der Waals surface area contributed by atoms with Crippen molar-refractivity contribution in [2.24, 2.45) is 13.0 Å². The minimum Gasteiger partial charge on any atom is -0.496 e. The first-order valence-corrected chi connectivity index (χ1v) is 9.52. The van der Waals surface area contributed by atoms with Gasteiger partial charge in [0.25, 0.3) is 5.56 Å². The molecular formula is C21H26N4O3. The number of hydrogen-bond acceptors (Lipinski definition) is 5. The van der Waals surface area contributed by atoms with Crippen LogP contribution >= 0.6 is 0 Å². The molecule has 0 aliphatic carbocycles. The van der Waals surface area contributed by atoms with Gasteiger partial charge in [-0.2, -0.15) is 5.10 Å². The summed E-state index contributed by atoms with van der Waals surface area (Å²) < 4.78 is 13.0. The highest BCUT2D eigenvalue weighted by atomic mass is 16.5. The SMILES string of the molecule is COc1cc(-c2cn(C)c(=O)c3[nH]ncc23)cc(OC)c1CN1CCC(C)C1. The second kappa shape index (κ2) is 7.31.